The average molecular weight is 201 g/mol. The first-order chi connectivity index (χ1) is 5.94. The summed E-state index contributed by atoms with van der Waals surface area (Å²) in [5.41, 5.74) is 0.911. The topological polar surface area (TPSA) is 86.5 Å². The van der Waals surface area contributed by atoms with Crippen LogP contribution in [0.15, 0.2) is 29.2 Å². The van der Waals surface area contributed by atoms with Crippen LogP contribution in [0.3, 0.4) is 0 Å². The van der Waals surface area contributed by atoms with Gasteiger partial charge in [0.05, 0.1) is 4.90 Å². The van der Waals surface area contributed by atoms with Crippen LogP contribution in [0.2, 0.25) is 0 Å². The highest BCUT2D eigenvalue weighted by molar-refractivity contribution is 7.89. The molecule has 1 aromatic carbocycles. The molecule has 0 saturated heterocycles. The summed E-state index contributed by atoms with van der Waals surface area (Å²) >= 11 is 0. The van der Waals surface area contributed by atoms with Crippen molar-refractivity contribution in [1.82, 2.24) is 4.58 Å². The van der Waals surface area contributed by atoms with Crippen LogP contribution in [-0.2, 0) is 10.0 Å². The maximum atomic E-state index is 11.1. The van der Waals surface area contributed by atoms with Crippen LogP contribution in [0, 0.1) is 12.1 Å². The second-order valence-electron chi connectivity index (χ2n) is 2.57. The van der Waals surface area contributed by atoms with Crippen LogP contribution in [0.25, 0.3) is 0 Å². The molecule has 6 heteroatoms. The van der Waals surface area contributed by atoms with Crippen molar-refractivity contribution in [3.63, 3.8) is 0 Å². The average Bonchev–Trinajstić information content (AvgIpc) is 2.04. The molecular weight excluding hydrogens is 192 g/mol. The van der Waals surface area contributed by atoms with Gasteiger partial charge >= 0.3 is 0 Å². The Labute approximate surface area is 76.4 Å². The summed E-state index contributed by atoms with van der Waals surface area (Å²) in [6.07, 6.45) is 0. The zero-order valence-corrected chi connectivity index (χ0v) is 7.78. The summed E-state index contributed by atoms with van der Waals surface area (Å²) in [6, 6.07) is 5.86. The summed E-state index contributed by atoms with van der Waals surface area (Å²) in [4.78, 5) is -0.101. The van der Waals surface area contributed by atoms with Crippen molar-refractivity contribution in [2.45, 2.75) is 11.8 Å². The Hall–Kier alpha value is -0.950. The highest BCUT2D eigenvalue weighted by atomic mass is 32.2. The van der Waals surface area contributed by atoms with Crippen molar-refractivity contribution in [3.05, 3.63) is 35.0 Å². The molecule has 2 N–H and O–H groups in total. The van der Waals surface area contributed by atoms with Gasteiger partial charge in [0.1, 0.15) is 0 Å². The quantitative estimate of drug-likeness (QED) is 0.552. The lowest BCUT2D eigenvalue weighted by atomic mass is 10.2. The number of hydrogen-bond donors (Lipinski definition) is 1. The fourth-order valence-corrected chi connectivity index (χ4v) is 1.50. The zero-order chi connectivity index (χ0) is 10.1. The number of hydrazine groups is 1. The molecule has 5 nitrogen and oxygen atoms in total. The van der Waals surface area contributed by atoms with E-state index in [4.69, 9.17) is 0 Å². The van der Waals surface area contributed by atoms with Crippen LogP contribution in [0.4, 0.5) is 0 Å². The van der Waals surface area contributed by atoms with Crippen LogP contribution in [0.1, 0.15) is 5.56 Å². The molecule has 0 aliphatic carbocycles. The van der Waals surface area contributed by atoms with E-state index >= 15 is 0 Å². The monoisotopic (exact) mass is 201 g/mol. The van der Waals surface area contributed by atoms with Crippen LogP contribution in [-0.4, -0.2) is 13.0 Å². The first kappa shape index (κ1) is 10.1. The normalized spacial score (nSPS) is 12.0. The molecule has 0 unspecified atom stereocenters. The van der Waals surface area contributed by atoms with Crippen molar-refractivity contribution in [2.24, 2.45) is 5.84 Å². The highest BCUT2D eigenvalue weighted by Gasteiger charge is 2.12. The molecule has 72 valence electrons. The maximum absolute atomic E-state index is 11.1. The fourth-order valence-electron chi connectivity index (χ4n) is 0.814. The molecule has 13 heavy (non-hydrogen) atoms. The van der Waals surface area contributed by atoms with Crippen molar-refractivity contribution in [1.29, 1.82) is 0 Å². The first-order valence-electron chi connectivity index (χ1n) is 3.48. The number of sulfonamides is 1. The Kier molecular flexibility index (Phi) is 2.67. The minimum absolute atomic E-state index is 0.101. The number of aryl methyl sites for hydroxylation is 1. The molecule has 0 radical (unpaired) electrons. The molecule has 1 aromatic rings. The van der Waals surface area contributed by atoms with Gasteiger partial charge in [0.25, 0.3) is 0 Å². The molecule has 0 saturated carbocycles. The number of nitrogens with two attached hydrogens (primary N) is 1. The SMILES string of the molecule is Cc1ccc(S(=O)(=O)N(N)[O-])cc1. The van der Waals surface area contributed by atoms with E-state index in [1.807, 2.05) is 6.92 Å². The minimum atomic E-state index is -4.04. The largest absolute Gasteiger partial charge is 0.758 e. The van der Waals surface area contributed by atoms with Gasteiger partial charge in [-0.1, -0.05) is 17.7 Å². The Balaban J connectivity index is 3.17. The predicted molar refractivity (Wildman–Crippen MR) is 47.8 cm³/mol. The van der Waals surface area contributed by atoms with E-state index in [1.54, 1.807) is 12.1 Å². The number of benzene rings is 1. The van der Waals surface area contributed by atoms with Crippen LogP contribution < -0.4 is 5.84 Å². The summed E-state index contributed by atoms with van der Waals surface area (Å²) in [5, 5.41) is 10.5. The molecular formula is C7H9N2O3S-. The molecule has 0 aliphatic heterocycles. The summed E-state index contributed by atoms with van der Waals surface area (Å²) < 4.78 is 21.7. The van der Waals surface area contributed by atoms with Gasteiger partial charge in [0, 0.05) is 0 Å². The molecule has 0 fully saturated rings. The molecule has 0 amide bonds. The number of nitrogens with zero attached hydrogens (tertiary/aromatic N) is 1. The van der Waals surface area contributed by atoms with Gasteiger partial charge < -0.3 is 5.21 Å². The van der Waals surface area contributed by atoms with E-state index < -0.39 is 14.6 Å². The lowest BCUT2D eigenvalue weighted by molar-refractivity contribution is 0.513. The van der Waals surface area contributed by atoms with Gasteiger partial charge in [-0.15, -0.1) is 0 Å². The Morgan fingerprint density at radius 1 is 1.31 bits per heavy atom. The highest BCUT2D eigenvalue weighted by Crippen LogP contribution is 2.12. The third-order valence-electron chi connectivity index (χ3n) is 1.56. The van der Waals surface area contributed by atoms with Gasteiger partial charge in [-0.3, -0.25) is 5.84 Å². The molecule has 0 heterocycles. The van der Waals surface area contributed by atoms with Gasteiger partial charge in [-0.2, -0.15) is 0 Å². The van der Waals surface area contributed by atoms with E-state index in [0.29, 0.717) is 0 Å². The summed E-state index contributed by atoms with van der Waals surface area (Å²) in [6.45, 7) is 1.81. The van der Waals surface area contributed by atoms with Crippen molar-refractivity contribution < 1.29 is 8.42 Å². The van der Waals surface area contributed by atoms with Crippen molar-refractivity contribution in [2.75, 3.05) is 0 Å². The van der Waals surface area contributed by atoms with Crippen molar-refractivity contribution >= 4 is 10.0 Å². The van der Waals surface area contributed by atoms with E-state index in [9.17, 15) is 13.6 Å². The van der Waals surface area contributed by atoms with E-state index in [-0.39, 0.29) is 4.90 Å². The van der Waals surface area contributed by atoms with E-state index in [2.05, 4.69) is 5.84 Å². The van der Waals surface area contributed by atoms with E-state index in [0.717, 1.165) is 5.56 Å². The van der Waals surface area contributed by atoms with Crippen LogP contribution >= 0.6 is 0 Å². The van der Waals surface area contributed by atoms with Gasteiger partial charge in [0.2, 0.25) is 10.0 Å². The first-order valence-corrected chi connectivity index (χ1v) is 4.92. The number of rotatable bonds is 2. The predicted octanol–water partition coefficient (Wildman–Crippen LogP) is 0.357. The molecule has 0 aromatic heterocycles. The second-order valence-corrected chi connectivity index (χ2v) is 4.35. The second kappa shape index (κ2) is 3.43. The smallest absolute Gasteiger partial charge is 0.244 e. The molecule has 0 aliphatic rings. The third-order valence-corrected chi connectivity index (χ3v) is 2.90. The number of hydrogen-bond acceptors (Lipinski definition) is 4. The maximum Gasteiger partial charge on any atom is 0.244 e. The third kappa shape index (κ3) is 2.04. The summed E-state index contributed by atoms with van der Waals surface area (Å²) in [5.74, 6) is 4.63. The van der Waals surface area contributed by atoms with Crippen molar-refractivity contribution in [3.8, 4) is 0 Å². The molecule has 0 atom stereocenters. The minimum Gasteiger partial charge on any atom is -0.758 e. The van der Waals surface area contributed by atoms with Gasteiger partial charge in [-0.25, -0.2) is 13.0 Å². The lowest BCUT2D eigenvalue weighted by Crippen LogP contribution is -2.31. The Bertz CT molecular complexity index is 383. The molecule has 0 spiro atoms. The van der Waals surface area contributed by atoms with Gasteiger partial charge in [-0.05, 0) is 19.1 Å². The Morgan fingerprint density at radius 2 is 1.77 bits per heavy atom. The molecule has 0 bridgehead atoms. The Morgan fingerprint density at radius 3 is 2.15 bits per heavy atom. The summed E-state index contributed by atoms with van der Waals surface area (Å²) in [7, 11) is -4.04. The van der Waals surface area contributed by atoms with Gasteiger partial charge in [0.15, 0.2) is 0 Å². The zero-order valence-electron chi connectivity index (χ0n) is 6.97. The van der Waals surface area contributed by atoms with E-state index in [1.165, 1.54) is 12.1 Å². The molecule has 1 rings (SSSR count). The lowest BCUT2D eigenvalue weighted by Gasteiger charge is -2.20. The van der Waals surface area contributed by atoms with Crippen LogP contribution in [0.5, 0.6) is 0 Å². The fraction of sp³-hybridized carbons (Fsp3) is 0.143. The standard InChI is InChI=1S/C7H9N2O3S/c1-6-2-4-7(5-3-6)13(11,12)9(8)10/h2-5H,8H2,1H3/q-1.